The molecule has 5 rings (SSSR count). The van der Waals surface area contributed by atoms with E-state index in [1.165, 1.54) is 16.3 Å². The van der Waals surface area contributed by atoms with Crippen molar-refractivity contribution in [2.24, 2.45) is 0 Å². The molecule has 0 spiro atoms. The van der Waals surface area contributed by atoms with E-state index in [1.54, 1.807) is 7.11 Å². The Morgan fingerprint density at radius 2 is 1.41 bits per heavy atom. The van der Waals surface area contributed by atoms with Gasteiger partial charge in [-0.3, -0.25) is 9.69 Å². The number of methoxy groups -OCH3 is 1. The molecule has 0 atom stereocenters. The van der Waals surface area contributed by atoms with Gasteiger partial charge in [0.2, 0.25) is 5.91 Å². The van der Waals surface area contributed by atoms with Crippen molar-refractivity contribution in [3.05, 3.63) is 117 Å². The number of likely N-dealkylation sites (tertiary alicyclic amines) is 1. The highest BCUT2D eigenvalue weighted by Crippen LogP contribution is 2.28. The smallest absolute Gasteiger partial charge is 0.232 e. The van der Waals surface area contributed by atoms with E-state index in [2.05, 4.69) is 46.6 Å². The zero-order chi connectivity index (χ0) is 28.6. The summed E-state index contributed by atoms with van der Waals surface area (Å²) in [6, 6.07) is 28.3. The van der Waals surface area contributed by atoms with Crippen LogP contribution in [-0.2, 0) is 27.4 Å². The number of carbonyl (C=O) groups excluding carboxylic acids is 1. The van der Waals surface area contributed by atoms with Gasteiger partial charge in [-0.1, -0.05) is 71.7 Å². The van der Waals surface area contributed by atoms with Crippen molar-refractivity contribution in [3.63, 3.8) is 0 Å². The van der Waals surface area contributed by atoms with E-state index >= 15 is 0 Å². The second-order valence-electron chi connectivity index (χ2n) is 10.7. The molecule has 0 radical (unpaired) electrons. The SMILES string of the molecule is COCCOCc1ccc2ccc(CN3CCC(NC(=O)C(c4ccc(Cl)cc4)c4ccc(Cl)cc4)CC3)cc2c1. The van der Waals surface area contributed by atoms with Crippen molar-refractivity contribution in [1.29, 1.82) is 0 Å². The number of ether oxygens (including phenoxy) is 2. The number of carbonyl (C=O) groups is 1. The number of halogens is 2. The zero-order valence-corrected chi connectivity index (χ0v) is 24.8. The third kappa shape index (κ3) is 8.09. The Labute approximate surface area is 252 Å². The first kappa shape index (κ1) is 29.6. The van der Waals surface area contributed by atoms with Crippen LogP contribution in [0.4, 0.5) is 0 Å². The molecule has 214 valence electrons. The first-order valence-electron chi connectivity index (χ1n) is 14.1. The summed E-state index contributed by atoms with van der Waals surface area (Å²) in [6.45, 7) is 4.53. The molecule has 0 aromatic heterocycles. The first-order valence-corrected chi connectivity index (χ1v) is 14.9. The standard InChI is InChI=1S/C34H36Cl2N2O3/c1-40-18-19-41-23-25-3-5-26-4-2-24(20-29(26)21-25)22-38-16-14-32(15-17-38)37-34(39)33(27-6-10-30(35)11-7-27)28-8-12-31(36)13-9-28/h2-13,20-21,32-33H,14-19,22-23H2,1H3,(H,37,39). The largest absolute Gasteiger partial charge is 0.382 e. The normalized spacial score (nSPS) is 14.5. The van der Waals surface area contributed by atoms with Gasteiger partial charge >= 0.3 is 0 Å². The van der Waals surface area contributed by atoms with Gasteiger partial charge in [-0.2, -0.15) is 0 Å². The van der Waals surface area contributed by atoms with Crippen LogP contribution in [0.1, 0.15) is 41.0 Å². The van der Waals surface area contributed by atoms with E-state index in [0.29, 0.717) is 29.9 Å². The van der Waals surface area contributed by atoms with Crippen molar-refractivity contribution in [1.82, 2.24) is 10.2 Å². The van der Waals surface area contributed by atoms with Crippen molar-refractivity contribution in [2.75, 3.05) is 33.4 Å². The van der Waals surface area contributed by atoms with Crippen molar-refractivity contribution in [2.45, 2.75) is 38.0 Å². The minimum Gasteiger partial charge on any atom is -0.382 e. The maximum Gasteiger partial charge on any atom is 0.232 e. The summed E-state index contributed by atoms with van der Waals surface area (Å²) in [7, 11) is 1.68. The summed E-state index contributed by atoms with van der Waals surface area (Å²) in [5, 5.41) is 7.09. The number of nitrogens with one attached hydrogen (secondary N) is 1. The van der Waals surface area contributed by atoms with Crippen LogP contribution in [0.3, 0.4) is 0 Å². The molecule has 0 aliphatic carbocycles. The fourth-order valence-corrected chi connectivity index (χ4v) is 5.70. The lowest BCUT2D eigenvalue weighted by Gasteiger charge is -2.33. The van der Waals surface area contributed by atoms with Gasteiger partial charge in [-0.25, -0.2) is 0 Å². The predicted octanol–water partition coefficient (Wildman–Crippen LogP) is 7.22. The molecule has 1 aliphatic heterocycles. The third-order valence-electron chi connectivity index (χ3n) is 7.68. The fourth-order valence-electron chi connectivity index (χ4n) is 5.45. The molecule has 7 heteroatoms. The molecule has 41 heavy (non-hydrogen) atoms. The van der Waals surface area contributed by atoms with Crippen LogP contribution in [0.15, 0.2) is 84.9 Å². The van der Waals surface area contributed by atoms with Gasteiger partial charge in [-0.05, 0) is 82.3 Å². The highest BCUT2D eigenvalue weighted by Gasteiger charge is 2.27. The van der Waals surface area contributed by atoms with Crippen molar-refractivity contribution in [3.8, 4) is 0 Å². The predicted molar refractivity (Wildman–Crippen MR) is 167 cm³/mol. The Morgan fingerprint density at radius 1 is 0.829 bits per heavy atom. The zero-order valence-electron chi connectivity index (χ0n) is 23.3. The second-order valence-corrected chi connectivity index (χ2v) is 11.5. The van der Waals surface area contributed by atoms with Crippen LogP contribution in [-0.4, -0.2) is 50.3 Å². The van der Waals surface area contributed by atoms with Crippen LogP contribution in [0.5, 0.6) is 0 Å². The molecule has 1 N–H and O–H groups in total. The number of rotatable bonds is 11. The van der Waals surface area contributed by atoms with Crippen LogP contribution >= 0.6 is 23.2 Å². The Balaban J connectivity index is 1.18. The monoisotopic (exact) mass is 590 g/mol. The number of fused-ring (bicyclic) bond motifs is 1. The molecule has 5 nitrogen and oxygen atoms in total. The molecule has 4 aromatic rings. The fraction of sp³-hybridized carbons (Fsp3) is 0.324. The van der Waals surface area contributed by atoms with Crippen molar-refractivity contribution < 1.29 is 14.3 Å². The quantitative estimate of drug-likeness (QED) is 0.187. The van der Waals surface area contributed by atoms with Crippen LogP contribution in [0.25, 0.3) is 10.8 Å². The minimum absolute atomic E-state index is 0.00429. The van der Waals surface area contributed by atoms with E-state index in [9.17, 15) is 4.79 Å². The van der Waals surface area contributed by atoms with Crippen LogP contribution in [0, 0.1) is 0 Å². The summed E-state index contributed by atoms with van der Waals surface area (Å²) in [5.41, 5.74) is 4.28. The Hall–Kier alpha value is -2.93. The number of piperidine rings is 1. The highest BCUT2D eigenvalue weighted by atomic mass is 35.5. The molecule has 0 saturated carbocycles. The maximum absolute atomic E-state index is 13.6. The maximum atomic E-state index is 13.6. The lowest BCUT2D eigenvalue weighted by molar-refractivity contribution is -0.122. The summed E-state index contributed by atoms with van der Waals surface area (Å²) >= 11 is 12.2. The summed E-state index contributed by atoms with van der Waals surface area (Å²) < 4.78 is 10.8. The van der Waals surface area contributed by atoms with Gasteiger partial charge in [0.15, 0.2) is 0 Å². The van der Waals surface area contributed by atoms with Crippen LogP contribution < -0.4 is 5.32 Å². The molecule has 1 heterocycles. The van der Waals surface area contributed by atoms with E-state index in [-0.39, 0.29) is 11.9 Å². The topological polar surface area (TPSA) is 50.8 Å². The third-order valence-corrected chi connectivity index (χ3v) is 8.18. The van der Waals surface area contributed by atoms with Gasteiger partial charge in [0.25, 0.3) is 0 Å². The number of hydrogen-bond acceptors (Lipinski definition) is 4. The lowest BCUT2D eigenvalue weighted by atomic mass is 9.90. The van der Waals surface area contributed by atoms with Gasteiger partial charge in [0, 0.05) is 42.8 Å². The molecule has 4 aromatic carbocycles. The van der Waals surface area contributed by atoms with Crippen LogP contribution in [0.2, 0.25) is 10.0 Å². The van der Waals surface area contributed by atoms with E-state index < -0.39 is 5.92 Å². The Bertz CT molecular complexity index is 1390. The van der Waals surface area contributed by atoms with Crippen molar-refractivity contribution >= 4 is 39.9 Å². The average Bonchev–Trinajstić information content (AvgIpc) is 2.98. The number of amides is 1. The minimum atomic E-state index is -0.421. The molecule has 1 saturated heterocycles. The molecular formula is C34H36Cl2N2O3. The average molecular weight is 592 g/mol. The number of nitrogens with zero attached hydrogens (tertiary/aromatic N) is 1. The molecule has 1 fully saturated rings. The number of hydrogen-bond donors (Lipinski definition) is 1. The Morgan fingerprint density at radius 3 is 2.02 bits per heavy atom. The molecular weight excluding hydrogens is 555 g/mol. The van der Waals surface area contributed by atoms with E-state index in [0.717, 1.165) is 49.2 Å². The van der Waals surface area contributed by atoms with Gasteiger partial charge in [0.1, 0.15) is 0 Å². The molecule has 1 amide bonds. The number of benzene rings is 4. The Kier molecular flexibility index (Phi) is 10.3. The summed E-state index contributed by atoms with van der Waals surface area (Å²) in [4.78, 5) is 16.1. The van der Waals surface area contributed by atoms with E-state index in [4.69, 9.17) is 32.7 Å². The summed E-state index contributed by atoms with van der Waals surface area (Å²) in [5.74, 6) is -0.417. The van der Waals surface area contributed by atoms with Gasteiger partial charge in [-0.15, -0.1) is 0 Å². The van der Waals surface area contributed by atoms with Gasteiger partial charge in [0.05, 0.1) is 25.7 Å². The first-order chi connectivity index (χ1) is 20.0. The summed E-state index contributed by atoms with van der Waals surface area (Å²) in [6.07, 6.45) is 1.83. The lowest BCUT2D eigenvalue weighted by Crippen LogP contribution is -2.45. The molecule has 1 aliphatic rings. The highest BCUT2D eigenvalue weighted by molar-refractivity contribution is 6.30. The van der Waals surface area contributed by atoms with Gasteiger partial charge < -0.3 is 14.8 Å². The van der Waals surface area contributed by atoms with E-state index in [1.807, 2.05) is 48.5 Å². The molecule has 0 bridgehead atoms. The second kappa shape index (κ2) is 14.3. The molecule has 0 unspecified atom stereocenters.